The van der Waals surface area contributed by atoms with Crippen LogP contribution in [0.1, 0.15) is 44.3 Å². The van der Waals surface area contributed by atoms with Crippen LogP contribution < -0.4 is 14.2 Å². The largest absolute Gasteiger partial charge is 0.485 e. The molecule has 1 N–H and O–H groups in total. The minimum absolute atomic E-state index is 0.0151. The molecular weight excluding hydrogens is 596 g/mol. The summed E-state index contributed by atoms with van der Waals surface area (Å²) in [5.74, 6) is -1.30. The van der Waals surface area contributed by atoms with Gasteiger partial charge in [0.2, 0.25) is 16.0 Å². The van der Waals surface area contributed by atoms with Gasteiger partial charge >= 0.3 is 0 Å². The molecule has 42 heavy (non-hydrogen) atoms. The highest BCUT2D eigenvalue weighted by molar-refractivity contribution is 7.93. The molecule has 0 saturated carbocycles. The number of methoxy groups -OCH3 is 1. The zero-order valence-electron chi connectivity index (χ0n) is 22.8. The van der Waals surface area contributed by atoms with E-state index < -0.39 is 39.1 Å². The summed E-state index contributed by atoms with van der Waals surface area (Å²) >= 11 is 5.92. The van der Waals surface area contributed by atoms with E-state index >= 15 is 4.39 Å². The van der Waals surface area contributed by atoms with Crippen molar-refractivity contribution in [2.24, 2.45) is 0 Å². The Morgan fingerprint density at radius 2 is 1.86 bits per heavy atom. The third-order valence-corrected chi connectivity index (χ3v) is 8.37. The number of benzene rings is 1. The Bertz CT molecular complexity index is 1710. The average molecular weight is 622 g/mol. The van der Waals surface area contributed by atoms with E-state index in [0.29, 0.717) is 5.56 Å². The van der Waals surface area contributed by atoms with Gasteiger partial charge in [-0.3, -0.25) is 9.29 Å². The number of hydrogen-bond acceptors (Lipinski definition) is 10. The molecule has 1 aliphatic heterocycles. The lowest BCUT2D eigenvalue weighted by atomic mass is 10.1. The normalized spacial score (nSPS) is 16.1. The Morgan fingerprint density at radius 3 is 2.52 bits per heavy atom. The molecule has 5 rings (SSSR count). The van der Waals surface area contributed by atoms with E-state index in [4.69, 9.17) is 25.8 Å². The van der Waals surface area contributed by atoms with Gasteiger partial charge in [0.1, 0.15) is 35.6 Å². The van der Waals surface area contributed by atoms with E-state index in [1.54, 1.807) is 19.9 Å². The first-order valence-corrected chi connectivity index (χ1v) is 14.6. The number of ether oxygens (including phenoxy) is 3. The van der Waals surface area contributed by atoms with E-state index in [0.717, 1.165) is 12.1 Å². The number of nitrogens with zero attached hydrogens (tertiary/aromatic N) is 6. The molecule has 4 aromatic rings. The van der Waals surface area contributed by atoms with Gasteiger partial charge < -0.3 is 14.2 Å². The smallest absolute Gasteiger partial charge is 0.257 e. The maximum atomic E-state index is 15.1. The fourth-order valence-electron chi connectivity index (χ4n) is 4.49. The van der Waals surface area contributed by atoms with Gasteiger partial charge in [-0.25, -0.2) is 32.2 Å². The first-order chi connectivity index (χ1) is 20.0. The van der Waals surface area contributed by atoms with Crippen LogP contribution in [0.5, 0.6) is 11.6 Å². The number of anilines is 1. The van der Waals surface area contributed by atoms with Gasteiger partial charge in [0.05, 0.1) is 23.8 Å². The first kappa shape index (κ1) is 29.5. The number of hydrogen-bond donors (Lipinski definition) is 1. The van der Waals surface area contributed by atoms with E-state index in [2.05, 4.69) is 29.9 Å². The first-order valence-electron chi connectivity index (χ1n) is 12.7. The molecule has 1 aliphatic rings. The molecule has 0 bridgehead atoms. The van der Waals surface area contributed by atoms with E-state index in [1.165, 1.54) is 43.3 Å². The second-order valence-electron chi connectivity index (χ2n) is 9.62. The molecule has 0 saturated heterocycles. The van der Waals surface area contributed by atoms with Gasteiger partial charge in [-0.15, -0.1) is 10.2 Å². The van der Waals surface area contributed by atoms with Crippen molar-refractivity contribution < 1.29 is 31.4 Å². The summed E-state index contributed by atoms with van der Waals surface area (Å²) in [7, 11) is -2.88. The van der Waals surface area contributed by atoms with Crippen LogP contribution in [0.4, 0.5) is 14.7 Å². The minimum atomic E-state index is -4.29. The van der Waals surface area contributed by atoms with Crippen molar-refractivity contribution in [2.45, 2.75) is 44.3 Å². The SMILES string of the molecule is COc1nccc2c1OC[C@@H](c1ccc(F)cc1F)n1c(NS(=O)(=O)C(C)C(OC(C)C)c3ncc(Cl)cn3)nnc1-2. The molecule has 16 heteroatoms. The molecule has 222 valence electrons. The van der Waals surface area contributed by atoms with Crippen LogP contribution in [0.3, 0.4) is 0 Å². The summed E-state index contributed by atoms with van der Waals surface area (Å²) in [6, 6.07) is 3.62. The second kappa shape index (κ2) is 11.7. The Labute approximate surface area is 245 Å². The van der Waals surface area contributed by atoms with Gasteiger partial charge in [0.25, 0.3) is 5.88 Å². The highest BCUT2D eigenvalue weighted by Crippen LogP contribution is 2.42. The maximum absolute atomic E-state index is 15.1. The number of halogens is 3. The van der Waals surface area contributed by atoms with Crippen LogP contribution in [0.2, 0.25) is 5.02 Å². The lowest BCUT2D eigenvalue weighted by Gasteiger charge is -2.26. The Kier molecular flexibility index (Phi) is 8.25. The van der Waals surface area contributed by atoms with Crippen molar-refractivity contribution in [3.8, 4) is 23.0 Å². The number of pyridine rings is 1. The van der Waals surface area contributed by atoms with Gasteiger partial charge in [0, 0.05) is 30.2 Å². The third-order valence-electron chi connectivity index (χ3n) is 6.48. The molecule has 0 fully saturated rings. The van der Waals surface area contributed by atoms with Gasteiger partial charge in [-0.05, 0) is 32.9 Å². The molecule has 2 unspecified atom stereocenters. The standard InChI is InChI=1S/C26H26ClF2N7O5S/c1-13(2)41-21(23-31-10-15(27)11-32-23)14(3)42(37,38)35-26-34-33-24-18-7-8-30-25(39-4)22(18)40-12-20(36(24)26)17-6-5-16(28)9-19(17)29/h5-11,13-14,20-21H,12H2,1-4H3,(H,34,35)/t14?,20-,21?/m0/s1. The molecule has 0 amide bonds. The number of nitrogens with one attached hydrogen (secondary N) is 1. The topological polar surface area (TPSA) is 143 Å². The molecular formula is C26H26ClF2N7O5S. The summed E-state index contributed by atoms with van der Waals surface area (Å²) < 4.78 is 77.6. The molecule has 0 spiro atoms. The molecule has 3 atom stereocenters. The van der Waals surface area contributed by atoms with Crippen LogP contribution in [0, 0.1) is 11.6 Å². The highest BCUT2D eigenvalue weighted by Gasteiger charge is 2.38. The van der Waals surface area contributed by atoms with Gasteiger partial charge in [-0.2, -0.15) is 0 Å². The molecule has 0 aliphatic carbocycles. The summed E-state index contributed by atoms with van der Waals surface area (Å²) in [6.45, 7) is 4.71. The van der Waals surface area contributed by atoms with Crippen molar-refractivity contribution in [1.82, 2.24) is 29.7 Å². The predicted molar refractivity (Wildman–Crippen MR) is 148 cm³/mol. The van der Waals surface area contributed by atoms with Crippen molar-refractivity contribution in [3.05, 3.63) is 70.9 Å². The second-order valence-corrected chi connectivity index (χ2v) is 12.1. The molecule has 1 aromatic carbocycles. The third kappa shape index (κ3) is 5.71. The number of rotatable bonds is 9. The van der Waals surface area contributed by atoms with Crippen LogP contribution in [0.25, 0.3) is 11.4 Å². The lowest BCUT2D eigenvalue weighted by Crippen LogP contribution is -2.35. The quantitative estimate of drug-likeness (QED) is 0.286. The Balaban J connectivity index is 1.60. The minimum Gasteiger partial charge on any atom is -0.485 e. The van der Waals surface area contributed by atoms with Crippen LogP contribution in [-0.2, 0) is 14.8 Å². The summed E-state index contributed by atoms with van der Waals surface area (Å²) in [4.78, 5) is 12.5. The summed E-state index contributed by atoms with van der Waals surface area (Å²) in [5.41, 5.74) is 0.384. The summed E-state index contributed by atoms with van der Waals surface area (Å²) in [5, 5.41) is 7.36. The zero-order chi connectivity index (χ0) is 30.2. The highest BCUT2D eigenvalue weighted by atomic mass is 35.5. The lowest BCUT2D eigenvalue weighted by molar-refractivity contribution is 0.00154. The van der Waals surface area contributed by atoms with Crippen LogP contribution >= 0.6 is 11.6 Å². The van der Waals surface area contributed by atoms with Gasteiger partial charge in [0.15, 0.2) is 17.4 Å². The van der Waals surface area contributed by atoms with E-state index in [1.807, 2.05) is 0 Å². The fourth-order valence-corrected chi connectivity index (χ4v) is 5.68. The van der Waals surface area contributed by atoms with Crippen molar-refractivity contribution in [1.29, 1.82) is 0 Å². The van der Waals surface area contributed by atoms with Crippen molar-refractivity contribution in [2.75, 3.05) is 18.4 Å². The molecule has 12 nitrogen and oxygen atoms in total. The Morgan fingerprint density at radius 1 is 1.12 bits per heavy atom. The number of aromatic nitrogens is 6. The van der Waals surface area contributed by atoms with Crippen molar-refractivity contribution in [3.63, 3.8) is 0 Å². The van der Waals surface area contributed by atoms with Crippen molar-refractivity contribution >= 4 is 27.6 Å². The molecule has 4 heterocycles. The maximum Gasteiger partial charge on any atom is 0.257 e. The zero-order valence-corrected chi connectivity index (χ0v) is 24.4. The Hall–Kier alpha value is -3.95. The number of fused-ring (bicyclic) bond motifs is 3. The fraction of sp³-hybridized carbons (Fsp3) is 0.346. The monoisotopic (exact) mass is 621 g/mol. The van der Waals surface area contributed by atoms with Gasteiger partial charge in [-0.1, -0.05) is 17.7 Å². The molecule has 3 aromatic heterocycles. The number of sulfonamides is 1. The van der Waals surface area contributed by atoms with Crippen LogP contribution in [0.15, 0.2) is 42.9 Å². The average Bonchev–Trinajstić information content (AvgIpc) is 3.26. The van der Waals surface area contributed by atoms with E-state index in [9.17, 15) is 12.8 Å². The van der Waals surface area contributed by atoms with E-state index in [-0.39, 0.29) is 52.5 Å². The van der Waals surface area contributed by atoms with Crippen LogP contribution in [-0.4, -0.2) is 63.2 Å². The summed E-state index contributed by atoms with van der Waals surface area (Å²) in [6.07, 6.45) is 2.67. The predicted octanol–water partition coefficient (Wildman–Crippen LogP) is 4.35. The molecule has 0 radical (unpaired) electrons.